The van der Waals surface area contributed by atoms with Crippen molar-refractivity contribution in [2.24, 2.45) is 0 Å². The summed E-state index contributed by atoms with van der Waals surface area (Å²) in [6, 6.07) is 4.48. The highest BCUT2D eigenvalue weighted by Gasteiger charge is 2.29. The molecule has 4 nitrogen and oxygen atoms in total. The minimum Gasteiger partial charge on any atom is -0.310 e. The van der Waals surface area contributed by atoms with Crippen LogP contribution >= 0.6 is 11.6 Å². The van der Waals surface area contributed by atoms with Crippen molar-refractivity contribution in [1.29, 1.82) is 0 Å². The fourth-order valence-corrected chi connectivity index (χ4v) is 3.32. The average Bonchev–Trinajstić information content (AvgIpc) is 3.34. The Balaban J connectivity index is 1.57. The van der Waals surface area contributed by atoms with Gasteiger partial charge in [0, 0.05) is 36.1 Å². The number of fused-ring (bicyclic) bond motifs is 1. The summed E-state index contributed by atoms with van der Waals surface area (Å²) in [5.74, 6) is 0.926. The molecule has 4 rings (SSSR count). The van der Waals surface area contributed by atoms with E-state index in [1.165, 1.54) is 12.1 Å². The van der Waals surface area contributed by atoms with Crippen LogP contribution in [0.4, 0.5) is 4.39 Å². The number of aromatic nitrogens is 2. The summed E-state index contributed by atoms with van der Waals surface area (Å²) in [5, 5.41) is 0.438. The summed E-state index contributed by atoms with van der Waals surface area (Å²) in [6.45, 7) is 2.03. The number of rotatable bonds is 3. The van der Waals surface area contributed by atoms with Crippen molar-refractivity contribution in [3.63, 3.8) is 0 Å². The molecule has 1 aliphatic heterocycles. The third-order valence-corrected chi connectivity index (χ3v) is 4.90. The summed E-state index contributed by atoms with van der Waals surface area (Å²) < 4.78 is 13.1. The van der Waals surface area contributed by atoms with Gasteiger partial charge in [-0.2, -0.15) is 0 Å². The molecule has 0 bridgehead atoms. The van der Waals surface area contributed by atoms with E-state index in [-0.39, 0.29) is 11.4 Å². The number of hydrogen-bond acceptors (Lipinski definition) is 3. The SMILES string of the molecule is O=c1[nH]c(C2CC2)nc2c1CCN(Cc1ccc(F)cc1Cl)C2. The van der Waals surface area contributed by atoms with Crippen molar-refractivity contribution in [2.45, 2.75) is 38.3 Å². The van der Waals surface area contributed by atoms with E-state index in [4.69, 9.17) is 11.6 Å². The van der Waals surface area contributed by atoms with Crippen LogP contribution in [-0.4, -0.2) is 21.4 Å². The van der Waals surface area contributed by atoms with E-state index in [1.54, 1.807) is 6.07 Å². The molecular weight excluding hydrogens is 317 g/mol. The molecule has 0 saturated heterocycles. The molecule has 0 spiro atoms. The van der Waals surface area contributed by atoms with Crippen LogP contribution in [0.1, 0.15) is 41.4 Å². The predicted octanol–water partition coefficient (Wildman–Crippen LogP) is 3.00. The van der Waals surface area contributed by atoms with Gasteiger partial charge in [0.2, 0.25) is 0 Å². The summed E-state index contributed by atoms with van der Waals surface area (Å²) in [7, 11) is 0. The third-order valence-electron chi connectivity index (χ3n) is 4.54. The van der Waals surface area contributed by atoms with Crippen molar-refractivity contribution in [2.75, 3.05) is 6.54 Å². The molecule has 2 aromatic rings. The van der Waals surface area contributed by atoms with Crippen LogP contribution in [0.15, 0.2) is 23.0 Å². The van der Waals surface area contributed by atoms with Crippen molar-refractivity contribution in [3.8, 4) is 0 Å². The van der Waals surface area contributed by atoms with E-state index in [9.17, 15) is 9.18 Å². The Hall–Kier alpha value is -1.72. The first-order valence-electron chi connectivity index (χ1n) is 7.88. The van der Waals surface area contributed by atoms with Crippen LogP contribution in [0.2, 0.25) is 5.02 Å². The molecule has 120 valence electrons. The quantitative estimate of drug-likeness (QED) is 0.939. The highest BCUT2D eigenvalue weighted by Crippen LogP contribution is 2.37. The molecule has 2 heterocycles. The van der Waals surface area contributed by atoms with Gasteiger partial charge in [-0.05, 0) is 37.0 Å². The number of halogens is 2. The Morgan fingerprint density at radius 3 is 2.96 bits per heavy atom. The summed E-state index contributed by atoms with van der Waals surface area (Å²) >= 11 is 6.11. The molecule has 1 aromatic heterocycles. The van der Waals surface area contributed by atoms with Crippen LogP contribution in [0.25, 0.3) is 0 Å². The molecule has 1 aliphatic carbocycles. The van der Waals surface area contributed by atoms with Crippen molar-refractivity contribution < 1.29 is 4.39 Å². The second-order valence-corrected chi connectivity index (χ2v) is 6.75. The predicted molar refractivity (Wildman–Crippen MR) is 86.1 cm³/mol. The topological polar surface area (TPSA) is 49.0 Å². The van der Waals surface area contributed by atoms with Crippen molar-refractivity contribution in [3.05, 3.63) is 62.0 Å². The summed E-state index contributed by atoms with van der Waals surface area (Å²) in [5.41, 5.74) is 2.58. The van der Waals surface area contributed by atoms with Gasteiger partial charge in [0.25, 0.3) is 5.56 Å². The van der Waals surface area contributed by atoms with Crippen LogP contribution in [0.5, 0.6) is 0 Å². The number of nitrogens with zero attached hydrogens (tertiary/aromatic N) is 2. The zero-order valence-corrected chi connectivity index (χ0v) is 13.4. The van der Waals surface area contributed by atoms with E-state index in [1.807, 2.05) is 0 Å². The molecule has 0 radical (unpaired) electrons. The third kappa shape index (κ3) is 3.03. The normalized spacial score (nSPS) is 18.0. The first-order valence-corrected chi connectivity index (χ1v) is 8.26. The Bertz CT molecular complexity index is 816. The minimum atomic E-state index is -0.329. The van der Waals surface area contributed by atoms with E-state index in [0.717, 1.165) is 42.0 Å². The lowest BCUT2D eigenvalue weighted by Gasteiger charge is -2.28. The fraction of sp³-hybridized carbons (Fsp3) is 0.412. The monoisotopic (exact) mass is 333 g/mol. The van der Waals surface area contributed by atoms with Crippen LogP contribution < -0.4 is 5.56 Å². The van der Waals surface area contributed by atoms with E-state index in [0.29, 0.717) is 30.5 Å². The Morgan fingerprint density at radius 1 is 1.39 bits per heavy atom. The molecule has 6 heteroatoms. The van der Waals surface area contributed by atoms with Gasteiger partial charge >= 0.3 is 0 Å². The first-order chi connectivity index (χ1) is 11.1. The minimum absolute atomic E-state index is 0.0105. The first kappa shape index (κ1) is 14.8. The molecule has 23 heavy (non-hydrogen) atoms. The maximum atomic E-state index is 13.1. The number of hydrogen-bond donors (Lipinski definition) is 1. The van der Waals surface area contributed by atoms with Gasteiger partial charge < -0.3 is 4.98 Å². The van der Waals surface area contributed by atoms with Crippen molar-refractivity contribution >= 4 is 11.6 Å². The highest BCUT2D eigenvalue weighted by atomic mass is 35.5. The lowest BCUT2D eigenvalue weighted by Crippen LogP contribution is -2.35. The van der Waals surface area contributed by atoms with Gasteiger partial charge in [-0.25, -0.2) is 9.37 Å². The number of benzene rings is 1. The summed E-state index contributed by atoms with van der Waals surface area (Å²) in [6.07, 6.45) is 2.90. The van der Waals surface area contributed by atoms with Gasteiger partial charge in [-0.1, -0.05) is 17.7 Å². The highest BCUT2D eigenvalue weighted by molar-refractivity contribution is 6.31. The van der Waals surface area contributed by atoms with Crippen molar-refractivity contribution in [1.82, 2.24) is 14.9 Å². The Labute approximate surface area is 138 Å². The molecular formula is C17H17ClFN3O. The molecule has 2 aliphatic rings. The summed E-state index contributed by atoms with van der Waals surface area (Å²) in [4.78, 5) is 22.0. The molecule has 1 aromatic carbocycles. The van der Waals surface area contributed by atoms with E-state index < -0.39 is 0 Å². The fourth-order valence-electron chi connectivity index (χ4n) is 3.09. The van der Waals surface area contributed by atoms with Gasteiger partial charge in [-0.15, -0.1) is 0 Å². The van der Waals surface area contributed by atoms with Crippen LogP contribution in [0.3, 0.4) is 0 Å². The molecule has 0 unspecified atom stereocenters. The van der Waals surface area contributed by atoms with E-state index >= 15 is 0 Å². The Kier molecular flexibility index (Phi) is 3.70. The van der Waals surface area contributed by atoms with Gasteiger partial charge in [-0.3, -0.25) is 9.69 Å². The number of nitrogens with one attached hydrogen (secondary N) is 1. The van der Waals surface area contributed by atoms with Gasteiger partial charge in [0.15, 0.2) is 0 Å². The molecule has 0 amide bonds. The smallest absolute Gasteiger partial charge is 0.254 e. The second kappa shape index (κ2) is 5.73. The lowest BCUT2D eigenvalue weighted by atomic mass is 10.1. The Morgan fingerprint density at radius 2 is 2.22 bits per heavy atom. The molecule has 1 saturated carbocycles. The standard InChI is InChI=1S/C17H17ClFN3O/c18-14-7-12(19)4-3-11(14)8-22-6-5-13-15(9-22)20-16(10-1-2-10)21-17(13)23/h3-4,7,10H,1-2,5-6,8-9H2,(H,20,21,23). The largest absolute Gasteiger partial charge is 0.310 e. The zero-order chi connectivity index (χ0) is 16.0. The molecule has 1 N–H and O–H groups in total. The molecule has 1 fully saturated rings. The molecule has 0 atom stereocenters. The zero-order valence-electron chi connectivity index (χ0n) is 12.6. The lowest BCUT2D eigenvalue weighted by molar-refractivity contribution is 0.240. The maximum Gasteiger partial charge on any atom is 0.254 e. The maximum absolute atomic E-state index is 13.1. The van der Waals surface area contributed by atoms with Gasteiger partial charge in [0.05, 0.1) is 5.69 Å². The number of H-pyrrole nitrogens is 1. The number of aromatic amines is 1. The second-order valence-electron chi connectivity index (χ2n) is 6.35. The van der Waals surface area contributed by atoms with Crippen LogP contribution in [0, 0.1) is 5.82 Å². The van der Waals surface area contributed by atoms with Crippen LogP contribution in [-0.2, 0) is 19.5 Å². The van der Waals surface area contributed by atoms with Gasteiger partial charge in [0.1, 0.15) is 11.6 Å². The van der Waals surface area contributed by atoms with E-state index in [2.05, 4.69) is 14.9 Å². The average molecular weight is 334 g/mol.